The molecule has 0 unspecified atom stereocenters. The van der Waals surface area contributed by atoms with Crippen LogP contribution in [-0.2, 0) is 13.2 Å². The van der Waals surface area contributed by atoms with Crippen LogP contribution in [0.4, 0.5) is 0 Å². The van der Waals surface area contributed by atoms with Gasteiger partial charge in [0.2, 0.25) is 0 Å². The van der Waals surface area contributed by atoms with Crippen LogP contribution < -0.4 is 9.47 Å². The minimum absolute atomic E-state index is 0.0160. The van der Waals surface area contributed by atoms with Crippen molar-refractivity contribution in [3.63, 3.8) is 0 Å². The largest absolute Gasteiger partial charge is 0.490 e. The van der Waals surface area contributed by atoms with Gasteiger partial charge in [-0.2, -0.15) is 0 Å². The highest BCUT2D eigenvalue weighted by Gasteiger charge is 2.33. The Hall–Kier alpha value is -2.86. The molecule has 2 aromatic carbocycles. The molecule has 1 fully saturated rings. The van der Waals surface area contributed by atoms with Crippen molar-refractivity contribution in [1.82, 2.24) is 9.88 Å². The van der Waals surface area contributed by atoms with Gasteiger partial charge in [-0.1, -0.05) is 34.1 Å². The number of hydrogen-bond donors (Lipinski definition) is 0. The molecule has 31 heavy (non-hydrogen) atoms. The maximum absolute atomic E-state index is 13.4. The van der Waals surface area contributed by atoms with Crippen LogP contribution in [0.1, 0.15) is 41.3 Å². The zero-order valence-electron chi connectivity index (χ0n) is 17.5. The predicted octanol–water partition coefficient (Wildman–Crippen LogP) is 5.63. The van der Waals surface area contributed by atoms with Gasteiger partial charge in [0.1, 0.15) is 6.61 Å². The highest BCUT2D eigenvalue weighted by atomic mass is 79.9. The number of aromatic nitrogens is 1. The van der Waals surface area contributed by atoms with Gasteiger partial charge in [0.05, 0.1) is 6.61 Å². The maximum atomic E-state index is 13.4. The standard InChI is InChI=1S/C25H25BrN2O3/c1-2-30-24-14-20(8-11-23(24)31-17-19-6-4-12-27-15-19)25(29)28(22-9-10-22)16-18-5-3-7-21(26)13-18/h3-8,11-15,22H,2,9-10,16-17H2,1H3. The molecular formula is C25H25BrN2O3. The molecule has 1 aliphatic carbocycles. The van der Waals surface area contributed by atoms with E-state index in [2.05, 4.69) is 33.0 Å². The predicted molar refractivity (Wildman–Crippen MR) is 123 cm³/mol. The van der Waals surface area contributed by atoms with Crippen LogP contribution in [0.5, 0.6) is 11.5 Å². The molecule has 0 spiro atoms. The first-order valence-electron chi connectivity index (χ1n) is 10.5. The van der Waals surface area contributed by atoms with Gasteiger partial charge in [0, 0.05) is 40.6 Å². The Kier molecular flexibility index (Phi) is 6.87. The van der Waals surface area contributed by atoms with Crippen molar-refractivity contribution in [2.75, 3.05) is 6.61 Å². The van der Waals surface area contributed by atoms with Gasteiger partial charge in [-0.3, -0.25) is 9.78 Å². The van der Waals surface area contributed by atoms with E-state index < -0.39 is 0 Å². The average Bonchev–Trinajstić information content (AvgIpc) is 3.62. The van der Waals surface area contributed by atoms with Crippen LogP contribution in [0, 0.1) is 0 Å². The highest BCUT2D eigenvalue weighted by Crippen LogP contribution is 2.33. The Morgan fingerprint density at radius 1 is 1.06 bits per heavy atom. The lowest BCUT2D eigenvalue weighted by molar-refractivity contribution is 0.0729. The van der Waals surface area contributed by atoms with Crippen LogP contribution >= 0.6 is 15.9 Å². The van der Waals surface area contributed by atoms with E-state index in [0.717, 1.165) is 28.4 Å². The lowest BCUT2D eigenvalue weighted by Gasteiger charge is -2.23. The molecule has 0 N–H and O–H groups in total. The first-order valence-corrected chi connectivity index (χ1v) is 11.3. The Morgan fingerprint density at radius 2 is 1.90 bits per heavy atom. The van der Waals surface area contributed by atoms with Crippen molar-refractivity contribution in [3.8, 4) is 11.5 Å². The van der Waals surface area contributed by atoms with Crippen molar-refractivity contribution >= 4 is 21.8 Å². The molecule has 1 aromatic heterocycles. The molecule has 6 heteroatoms. The number of amides is 1. The second-order valence-electron chi connectivity index (χ2n) is 7.54. The number of halogens is 1. The summed E-state index contributed by atoms with van der Waals surface area (Å²) in [6.45, 7) is 3.39. The number of rotatable bonds is 9. The lowest BCUT2D eigenvalue weighted by Crippen LogP contribution is -2.32. The van der Waals surface area contributed by atoms with E-state index in [1.54, 1.807) is 18.5 Å². The first kappa shape index (κ1) is 21.4. The summed E-state index contributed by atoms with van der Waals surface area (Å²) in [7, 11) is 0. The van der Waals surface area contributed by atoms with E-state index in [9.17, 15) is 4.79 Å². The fourth-order valence-electron chi connectivity index (χ4n) is 3.42. The molecule has 160 valence electrons. The van der Waals surface area contributed by atoms with Gasteiger partial charge in [-0.25, -0.2) is 0 Å². The molecular weight excluding hydrogens is 456 g/mol. The third kappa shape index (κ3) is 5.64. The molecule has 1 amide bonds. The normalized spacial score (nSPS) is 13.0. The van der Waals surface area contributed by atoms with E-state index >= 15 is 0 Å². The van der Waals surface area contributed by atoms with E-state index in [0.29, 0.717) is 42.9 Å². The summed E-state index contributed by atoms with van der Waals surface area (Å²) in [5.74, 6) is 1.21. The smallest absolute Gasteiger partial charge is 0.254 e. The number of pyridine rings is 1. The third-order valence-corrected chi connectivity index (χ3v) is 5.59. The monoisotopic (exact) mass is 480 g/mol. The number of hydrogen-bond acceptors (Lipinski definition) is 4. The van der Waals surface area contributed by atoms with Crippen LogP contribution in [0.3, 0.4) is 0 Å². The molecule has 0 atom stereocenters. The minimum Gasteiger partial charge on any atom is -0.490 e. The van der Waals surface area contributed by atoms with Crippen LogP contribution in [0.2, 0.25) is 0 Å². The fraction of sp³-hybridized carbons (Fsp3) is 0.280. The van der Waals surface area contributed by atoms with Gasteiger partial charge in [0.25, 0.3) is 5.91 Å². The van der Waals surface area contributed by atoms with E-state index in [1.807, 2.05) is 48.2 Å². The summed E-state index contributed by atoms with van der Waals surface area (Å²) in [6.07, 6.45) is 5.59. The molecule has 0 radical (unpaired) electrons. The van der Waals surface area contributed by atoms with E-state index in [4.69, 9.17) is 9.47 Å². The average molecular weight is 481 g/mol. The number of nitrogens with zero attached hydrogens (tertiary/aromatic N) is 2. The third-order valence-electron chi connectivity index (χ3n) is 5.10. The van der Waals surface area contributed by atoms with Crippen molar-refractivity contribution in [3.05, 3.63) is 88.2 Å². The molecule has 0 aliphatic heterocycles. The summed E-state index contributed by atoms with van der Waals surface area (Å²) in [6, 6.07) is 17.7. The molecule has 5 nitrogen and oxygen atoms in total. The summed E-state index contributed by atoms with van der Waals surface area (Å²) in [5, 5.41) is 0. The van der Waals surface area contributed by atoms with Gasteiger partial charge in [0.15, 0.2) is 11.5 Å². The lowest BCUT2D eigenvalue weighted by atomic mass is 10.1. The Labute approximate surface area is 191 Å². The second kappa shape index (κ2) is 9.96. The van der Waals surface area contributed by atoms with E-state index in [1.165, 1.54) is 0 Å². The summed E-state index contributed by atoms with van der Waals surface area (Å²) in [4.78, 5) is 19.4. The minimum atomic E-state index is 0.0160. The Bertz CT molecular complexity index is 1040. The maximum Gasteiger partial charge on any atom is 0.254 e. The fourth-order valence-corrected chi connectivity index (χ4v) is 3.87. The molecule has 1 saturated carbocycles. The number of benzene rings is 2. The van der Waals surface area contributed by atoms with Gasteiger partial charge >= 0.3 is 0 Å². The zero-order chi connectivity index (χ0) is 21.6. The van der Waals surface area contributed by atoms with Crippen molar-refractivity contribution in [2.24, 2.45) is 0 Å². The molecule has 0 bridgehead atoms. The molecule has 1 heterocycles. The SMILES string of the molecule is CCOc1cc(C(=O)N(Cc2cccc(Br)c2)C2CC2)ccc1OCc1cccnc1. The van der Waals surface area contributed by atoms with Crippen molar-refractivity contribution < 1.29 is 14.3 Å². The van der Waals surface area contributed by atoms with Crippen molar-refractivity contribution in [2.45, 2.75) is 39.0 Å². The summed E-state index contributed by atoms with van der Waals surface area (Å²) in [5.41, 5.74) is 2.69. The molecule has 3 aromatic rings. The van der Waals surface area contributed by atoms with Gasteiger partial charge in [-0.15, -0.1) is 0 Å². The first-order chi connectivity index (χ1) is 15.1. The van der Waals surface area contributed by atoms with Gasteiger partial charge < -0.3 is 14.4 Å². The zero-order valence-corrected chi connectivity index (χ0v) is 19.0. The van der Waals surface area contributed by atoms with Crippen LogP contribution in [-0.4, -0.2) is 28.4 Å². The Morgan fingerprint density at radius 3 is 2.61 bits per heavy atom. The van der Waals surface area contributed by atoms with Crippen LogP contribution in [0.25, 0.3) is 0 Å². The molecule has 0 saturated heterocycles. The topological polar surface area (TPSA) is 51.7 Å². The summed E-state index contributed by atoms with van der Waals surface area (Å²) >= 11 is 3.52. The number of carbonyl (C=O) groups is 1. The van der Waals surface area contributed by atoms with Crippen LogP contribution in [0.15, 0.2) is 71.5 Å². The number of carbonyl (C=O) groups excluding carboxylic acids is 1. The molecule has 4 rings (SSSR count). The quantitative estimate of drug-likeness (QED) is 0.398. The number of ether oxygens (including phenoxy) is 2. The Balaban J connectivity index is 1.52. The second-order valence-corrected chi connectivity index (χ2v) is 8.45. The molecule has 1 aliphatic rings. The van der Waals surface area contributed by atoms with Gasteiger partial charge in [-0.05, 0) is 61.7 Å². The van der Waals surface area contributed by atoms with E-state index in [-0.39, 0.29) is 5.91 Å². The highest BCUT2D eigenvalue weighted by molar-refractivity contribution is 9.10. The van der Waals surface area contributed by atoms with Crippen molar-refractivity contribution in [1.29, 1.82) is 0 Å². The summed E-state index contributed by atoms with van der Waals surface area (Å²) < 4.78 is 12.7.